The smallest absolute Gasteiger partial charge is 0.0449 e. The Hall–Kier alpha value is -0.860. The summed E-state index contributed by atoms with van der Waals surface area (Å²) in [6.45, 7) is 11.6. The van der Waals surface area contributed by atoms with Crippen molar-refractivity contribution in [3.8, 4) is 0 Å². The Morgan fingerprint density at radius 3 is 2.30 bits per heavy atom. The van der Waals surface area contributed by atoms with E-state index in [-0.39, 0.29) is 0 Å². The first-order valence-electron chi connectivity index (χ1n) is 8.05. The van der Waals surface area contributed by atoms with Gasteiger partial charge >= 0.3 is 0 Å². The van der Waals surface area contributed by atoms with Crippen molar-refractivity contribution < 1.29 is 0 Å². The lowest BCUT2D eigenvalue weighted by atomic mass is 9.95. The van der Waals surface area contributed by atoms with Crippen molar-refractivity contribution in [3.63, 3.8) is 0 Å². The summed E-state index contributed by atoms with van der Waals surface area (Å²) < 4.78 is 0. The highest BCUT2D eigenvalue weighted by Crippen LogP contribution is 2.20. The van der Waals surface area contributed by atoms with Gasteiger partial charge in [0.15, 0.2) is 0 Å². The SMILES string of the molecule is CC(C)(C)CNC(CN1CCCCC1)c1ccccc1. The molecule has 1 unspecified atom stereocenters. The van der Waals surface area contributed by atoms with Gasteiger partial charge in [0.1, 0.15) is 0 Å². The molecule has 0 aromatic heterocycles. The number of hydrogen-bond donors (Lipinski definition) is 1. The van der Waals surface area contributed by atoms with Gasteiger partial charge < -0.3 is 10.2 Å². The van der Waals surface area contributed by atoms with Crippen molar-refractivity contribution in [2.24, 2.45) is 5.41 Å². The monoisotopic (exact) mass is 274 g/mol. The van der Waals surface area contributed by atoms with Crippen LogP contribution in [0.2, 0.25) is 0 Å². The van der Waals surface area contributed by atoms with Crippen molar-refractivity contribution in [2.75, 3.05) is 26.2 Å². The fraction of sp³-hybridized carbons (Fsp3) is 0.667. The van der Waals surface area contributed by atoms with Crippen LogP contribution in [0.5, 0.6) is 0 Å². The van der Waals surface area contributed by atoms with Crippen LogP contribution in [-0.2, 0) is 0 Å². The van der Waals surface area contributed by atoms with Crippen molar-refractivity contribution in [1.82, 2.24) is 10.2 Å². The molecular weight excluding hydrogens is 244 g/mol. The molecule has 0 radical (unpaired) electrons. The molecule has 1 aliphatic heterocycles. The van der Waals surface area contributed by atoms with E-state index in [1.54, 1.807) is 0 Å². The summed E-state index contributed by atoms with van der Waals surface area (Å²) in [7, 11) is 0. The largest absolute Gasteiger partial charge is 0.308 e. The van der Waals surface area contributed by atoms with Crippen LogP contribution in [-0.4, -0.2) is 31.1 Å². The molecule has 20 heavy (non-hydrogen) atoms. The molecular formula is C18H30N2. The Kier molecular flexibility index (Phi) is 5.62. The van der Waals surface area contributed by atoms with Gasteiger partial charge in [0.2, 0.25) is 0 Å². The summed E-state index contributed by atoms with van der Waals surface area (Å²) in [6.07, 6.45) is 4.13. The molecule has 0 spiro atoms. The Morgan fingerprint density at radius 1 is 1.05 bits per heavy atom. The number of benzene rings is 1. The highest BCUT2D eigenvalue weighted by atomic mass is 15.2. The summed E-state index contributed by atoms with van der Waals surface area (Å²) >= 11 is 0. The minimum absolute atomic E-state index is 0.328. The van der Waals surface area contributed by atoms with Crippen LogP contribution in [0.15, 0.2) is 30.3 Å². The van der Waals surface area contributed by atoms with E-state index in [1.165, 1.54) is 37.9 Å². The Bertz CT molecular complexity index is 374. The molecule has 1 saturated heterocycles. The Balaban J connectivity index is 1.99. The highest BCUT2D eigenvalue weighted by Gasteiger charge is 2.19. The Morgan fingerprint density at radius 2 is 1.70 bits per heavy atom. The van der Waals surface area contributed by atoms with Crippen molar-refractivity contribution in [1.29, 1.82) is 0 Å². The molecule has 1 aliphatic rings. The molecule has 1 heterocycles. The van der Waals surface area contributed by atoms with E-state index in [0.717, 1.165) is 13.1 Å². The van der Waals surface area contributed by atoms with Gasteiger partial charge in [0.05, 0.1) is 0 Å². The van der Waals surface area contributed by atoms with E-state index >= 15 is 0 Å². The van der Waals surface area contributed by atoms with Crippen molar-refractivity contribution in [3.05, 3.63) is 35.9 Å². The van der Waals surface area contributed by atoms with Gasteiger partial charge in [0, 0.05) is 19.1 Å². The number of nitrogens with zero attached hydrogens (tertiary/aromatic N) is 1. The maximum absolute atomic E-state index is 3.78. The van der Waals surface area contributed by atoms with Crippen LogP contribution in [0, 0.1) is 5.41 Å². The third kappa shape index (κ3) is 5.26. The topological polar surface area (TPSA) is 15.3 Å². The van der Waals surface area contributed by atoms with Crippen LogP contribution < -0.4 is 5.32 Å². The quantitative estimate of drug-likeness (QED) is 0.877. The second kappa shape index (κ2) is 7.24. The normalized spacial score (nSPS) is 18.9. The van der Waals surface area contributed by atoms with E-state index < -0.39 is 0 Å². The molecule has 0 saturated carbocycles. The fourth-order valence-electron chi connectivity index (χ4n) is 2.80. The first-order chi connectivity index (χ1) is 9.54. The second-order valence-corrected chi connectivity index (χ2v) is 7.27. The van der Waals surface area contributed by atoms with Crippen LogP contribution in [0.3, 0.4) is 0 Å². The average molecular weight is 274 g/mol. The zero-order chi connectivity index (χ0) is 14.4. The molecule has 2 rings (SSSR count). The number of rotatable bonds is 5. The maximum Gasteiger partial charge on any atom is 0.0449 e. The lowest BCUT2D eigenvalue weighted by Gasteiger charge is -2.32. The number of hydrogen-bond acceptors (Lipinski definition) is 2. The van der Waals surface area contributed by atoms with Crippen LogP contribution in [0.25, 0.3) is 0 Å². The van der Waals surface area contributed by atoms with Crippen molar-refractivity contribution >= 4 is 0 Å². The standard InChI is InChI=1S/C18H30N2/c1-18(2,3)15-19-17(16-10-6-4-7-11-16)14-20-12-8-5-9-13-20/h4,6-7,10-11,17,19H,5,8-9,12-15H2,1-3H3. The van der Waals surface area contributed by atoms with Crippen LogP contribution in [0.1, 0.15) is 51.6 Å². The fourth-order valence-corrected chi connectivity index (χ4v) is 2.80. The molecule has 0 aliphatic carbocycles. The summed E-state index contributed by atoms with van der Waals surface area (Å²) in [6, 6.07) is 11.4. The molecule has 0 bridgehead atoms. The maximum atomic E-state index is 3.78. The number of likely N-dealkylation sites (tertiary alicyclic amines) is 1. The number of piperidine rings is 1. The predicted octanol–water partition coefficient (Wildman–Crippen LogP) is 3.85. The molecule has 1 fully saturated rings. The van der Waals surface area contributed by atoms with E-state index in [9.17, 15) is 0 Å². The lowest BCUT2D eigenvalue weighted by molar-refractivity contribution is 0.199. The molecule has 1 N–H and O–H groups in total. The predicted molar refractivity (Wildman–Crippen MR) is 86.9 cm³/mol. The second-order valence-electron chi connectivity index (χ2n) is 7.27. The lowest BCUT2D eigenvalue weighted by Crippen LogP contribution is -2.40. The molecule has 1 aromatic rings. The molecule has 2 nitrogen and oxygen atoms in total. The highest BCUT2D eigenvalue weighted by molar-refractivity contribution is 5.19. The van der Waals surface area contributed by atoms with Gasteiger partial charge in [-0.3, -0.25) is 0 Å². The summed E-state index contributed by atoms with van der Waals surface area (Å²) in [5.41, 5.74) is 1.75. The molecule has 112 valence electrons. The number of nitrogens with one attached hydrogen (secondary N) is 1. The first-order valence-corrected chi connectivity index (χ1v) is 8.05. The first kappa shape index (κ1) is 15.5. The molecule has 1 aromatic carbocycles. The van der Waals surface area contributed by atoms with Gasteiger partial charge in [-0.25, -0.2) is 0 Å². The Labute approximate surface area is 124 Å². The molecule has 2 heteroatoms. The summed E-state index contributed by atoms with van der Waals surface area (Å²) in [5, 5.41) is 3.78. The van der Waals surface area contributed by atoms with E-state index in [4.69, 9.17) is 0 Å². The zero-order valence-electron chi connectivity index (χ0n) is 13.4. The summed E-state index contributed by atoms with van der Waals surface area (Å²) in [4.78, 5) is 2.62. The summed E-state index contributed by atoms with van der Waals surface area (Å²) in [5.74, 6) is 0. The van der Waals surface area contributed by atoms with Gasteiger partial charge in [-0.15, -0.1) is 0 Å². The minimum Gasteiger partial charge on any atom is -0.308 e. The van der Waals surface area contributed by atoms with E-state index in [1.807, 2.05) is 0 Å². The van der Waals surface area contributed by atoms with E-state index in [2.05, 4.69) is 61.3 Å². The zero-order valence-corrected chi connectivity index (χ0v) is 13.4. The van der Waals surface area contributed by atoms with Gasteiger partial charge in [-0.1, -0.05) is 57.5 Å². The van der Waals surface area contributed by atoms with Crippen LogP contribution >= 0.6 is 0 Å². The minimum atomic E-state index is 0.328. The van der Waals surface area contributed by atoms with Crippen LogP contribution in [0.4, 0.5) is 0 Å². The van der Waals surface area contributed by atoms with Gasteiger partial charge in [-0.2, -0.15) is 0 Å². The molecule has 0 amide bonds. The van der Waals surface area contributed by atoms with E-state index in [0.29, 0.717) is 11.5 Å². The van der Waals surface area contributed by atoms with Crippen molar-refractivity contribution in [2.45, 2.75) is 46.1 Å². The van der Waals surface area contributed by atoms with Gasteiger partial charge in [0.25, 0.3) is 0 Å². The third-order valence-electron chi connectivity index (χ3n) is 3.97. The molecule has 1 atom stereocenters. The van der Waals surface area contributed by atoms with Gasteiger partial charge in [-0.05, 0) is 36.9 Å². The third-order valence-corrected chi connectivity index (χ3v) is 3.97. The average Bonchev–Trinajstić information content (AvgIpc) is 2.44.